The number of benzene rings is 1. The van der Waals surface area contributed by atoms with Gasteiger partial charge in [-0.05, 0) is 57.7 Å². The Balaban J connectivity index is 0.00000392. The van der Waals surface area contributed by atoms with E-state index in [0.717, 1.165) is 25.6 Å². The summed E-state index contributed by atoms with van der Waals surface area (Å²) in [6.45, 7) is 10.1. The van der Waals surface area contributed by atoms with E-state index in [1.165, 1.54) is 24.1 Å². The summed E-state index contributed by atoms with van der Waals surface area (Å²) in [5.74, 6) is 0.623. The second-order valence-electron chi connectivity index (χ2n) is 6.82. The van der Waals surface area contributed by atoms with Crippen LogP contribution in [0.25, 0.3) is 0 Å². The minimum Gasteiger partial charge on any atom is -0.466 e. The molecule has 0 spiro atoms. The predicted octanol–water partition coefficient (Wildman–Crippen LogP) is 3.86. The number of anilines is 1. The fourth-order valence-corrected chi connectivity index (χ4v) is 3.22. The van der Waals surface area contributed by atoms with Gasteiger partial charge in [-0.15, -0.1) is 24.0 Å². The lowest BCUT2D eigenvalue weighted by Crippen LogP contribution is -2.38. The van der Waals surface area contributed by atoms with E-state index in [2.05, 4.69) is 58.6 Å². The fraction of sp³-hybridized carbons (Fsp3) is 0.619. The summed E-state index contributed by atoms with van der Waals surface area (Å²) >= 11 is 0. The highest BCUT2D eigenvalue weighted by Gasteiger charge is 2.14. The monoisotopic (exact) mass is 502 g/mol. The molecule has 1 heterocycles. The lowest BCUT2D eigenvalue weighted by molar-refractivity contribution is -0.143. The predicted molar refractivity (Wildman–Crippen MR) is 127 cm³/mol. The molecule has 0 aromatic heterocycles. The van der Waals surface area contributed by atoms with E-state index in [1.807, 2.05) is 6.92 Å². The van der Waals surface area contributed by atoms with Crippen LogP contribution < -0.4 is 15.5 Å². The normalized spacial score (nSPS) is 15.0. The van der Waals surface area contributed by atoms with Gasteiger partial charge in [0, 0.05) is 38.3 Å². The van der Waals surface area contributed by atoms with E-state index >= 15 is 0 Å². The summed E-state index contributed by atoms with van der Waals surface area (Å²) in [5.41, 5.74) is 2.55. The second-order valence-corrected chi connectivity index (χ2v) is 6.82. The zero-order valence-electron chi connectivity index (χ0n) is 17.4. The van der Waals surface area contributed by atoms with Crippen molar-refractivity contribution in [3.63, 3.8) is 0 Å². The lowest BCUT2D eigenvalue weighted by Gasteiger charge is -2.22. The minimum absolute atomic E-state index is 0. The minimum atomic E-state index is -0.155. The number of ether oxygens (including phenoxy) is 1. The maximum absolute atomic E-state index is 11.4. The molecule has 28 heavy (non-hydrogen) atoms. The number of carbonyl (C=O) groups is 1. The highest BCUT2D eigenvalue weighted by Crippen LogP contribution is 2.23. The number of nitrogens with zero attached hydrogens (tertiary/aromatic N) is 2. The average molecular weight is 502 g/mol. The zero-order valence-corrected chi connectivity index (χ0v) is 19.7. The van der Waals surface area contributed by atoms with Crippen LogP contribution in [0.1, 0.15) is 58.1 Å². The molecule has 158 valence electrons. The molecule has 1 aliphatic rings. The van der Waals surface area contributed by atoms with Crippen LogP contribution in [0.2, 0.25) is 0 Å². The van der Waals surface area contributed by atoms with Crippen molar-refractivity contribution in [1.29, 1.82) is 0 Å². The van der Waals surface area contributed by atoms with E-state index in [-0.39, 0.29) is 36.0 Å². The van der Waals surface area contributed by atoms with Crippen molar-refractivity contribution >= 4 is 41.6 Å². The number of guanidine groups is 1. The summed E-state index contributed by atoms with van der Waals surface area (Å²) in [7, 11) is 0. The van der Waals surface area contributed by atoms with Gasteiger partial charge in [-0.1, -0.05) is 12.1 Å². The van der Waals surface area contributed by atoms with Crippen molar-refractivity contribution in [2.45, 2.75) is 52.5 Å². The highest BCUT2D eigenvalue weighted by atomic mass is 127. The van der Waals surface area contributed by atoms with E-state index in [9.17, 15) is 4.79 Å². The Labute approximate surface area is 186 Å². The van der Waals surface area contributed by atoms with E-state index in [1.54, 1.807) is 0 Å². The molecule has 1 aromatic rings. The van der Waals surface area contributed by atoms with Crippen LogP contribution in [-0.4, -0.2) is 44.7 Å². The topological polar surface area (TPSA) is 66.0 Å². The van der Waals surface area contributed by atoms with Crippen LogP contribution in [0.5, 0.6) is 0 Å². The summed E-state index contributed by atoms with van der Waals surface area (Å²) in [4.78, 5) is 18.4. The number of carbonyl (C=O) groups excluding carboxylic acids is 1. The quantitative estimate of drug-likeness (QED) is 0.177. The molecule has 2 rings (SSSR count). The Morgan fingerprint density at radius 2 is 2.04 bits per heavy atom. The number of nitrogens with one attached hydrogen (secondary N) is 2. The summed E-state index contributed by atoms with van der Waals surface area (Å²) in [5, 5.41) is 6.75. The molecule has 1 aliphatic heterocycles. The summed E-state index contributed by atoms with van der Waals surface area (Å²) < 4.78 is 4.95. The Kier molecular flexibility index (Phi) is 11.9. The number of halogens is 1. The standard InChI is InChI=1S/C21H34N4O2.HI/c1-4-22-21(23-13-9-12-20(26)27-5-2)24-17(3)18-10-8-11-19(16-18)25-14-6-7-15-25;/h8,10-11,16-17H,4-7,9,12-15H2,1-3H3,(H2,22,23,24);1H. The lowest BCUT2D eigenvalue weighted by atomic mass is 10.1. The van der Waals surface area contributed by atoms with Crippen molar-refractivity contribution in [2.24, 2.45) is 4.99 Å². The van der Waals surface area contributed by atoms with Crippen molar-refractivity contribution in [3.05, 3.63) is 29.8 Å². The maximum atomic E-state index is 11.4. The number of rotatable bonds is 9. The largest absolute Gasteiger partial charge is 0.466 e. The van der Waals surface area contributed by atoms with Gasteiger partial charge in [-0.3, -0.25) is 9.79 Å². The Bertz CT molecular complexity index is 618. The molecular weight excluding hydrogens is 467 g/mol. The molecule has 0 saturated carbocycles. The third-order valence-electron chi connectivity index (χ3n) is 4.65. The van der Waals surface area contributed by atoms with Crippen molar-refractivity contribution in [3.8, 4) is 0 Å². The van der Waals surface area contributed by atoms with Gasteiger partial charge in [0.2, 0.25) is 0 Å². The highest BCUT2D eigenvalue weighted by molar-refractivity contribution is 14.0. The summed E-state index contributed by atoms with van der Waals surface area (Å²) in [6.07, 6.45) is 3.65. The third kappa shape index (κ3) is 8.24. The van der Waals surface area contributed by atoms with Crippen molar-refractivity contribution < 1.29 is 9.53 Å². The van der Waals surface area contributed by atoms with Gasteiger partial charge in [0.25, 0.3) is 0 Å². The van der Waals surface area contributed by atoms with Crippen LogP contribution in [0.4, 0.5) is 5.69 Å². The molecule has 1 unspecified atom stereocenters. The molecule has 0 aliphatic carbocycles. The van der Waals surface area contributed by atoms with Gasteiger partial charge in [0.05, 0.1) is 12.6 Å². The van der Waals surface area contributed by atoms with Crippen molar-refractivity contribution in [1.82, 2.24) is 10.6 Å². The number of esters is 1. The molecule has 1 aromatic carbocycles. The van der Waals surface area contributed by atoms with Crippen LogP contribution in [-0.2, 0) is 9.53 Å². The zero-order chi connectivity index (χ0) is 19.5. The first-order valence-corrected chi connectivity index (χ1v) is 10.2. The molecule has 0 amide bonds. The maximum Gasteiger partial charge on any atom is 0.305 e. The van der Waals surface area contributed by atoms with Crippen LogP contribution >= 0.6 is 24.0 Å². The average Bonchev–Trinajstić information content (AvgIpc) is 3.20. The van der Waals surface area contributed by atoms with Gasteiger partial charge in [-0.25, -0.2) is 0 Å². The van der Waals surface area contributed by atoms with Gasteiger partial charge in [0.1, 0.15) is 0 Å². The second kappa shape index (κ2) is 13.6. The first-order chi connectivity index (χ1) is 13.1. The van der Waals surface area contributed by atoms with Gasteiger partial charge < -0.3 is 20.3 Å². The van der Waals surface area contributed by atoms with Crippen LogP contribution in [0.15, 0.2) is 29.3 Å². The first kappa shape index (κ1) is 24.5. The number of aliphatic imine (C=N–C) groups is 1. The number of hydrogen-bond donors (Lipinski definition) is 2. The van der Waals surface area contributed by atoms with Crippen LogP contribution in [0, 0.1) is 0 Å². The SMILES string of the molecule is CCNC(=NCCCC(=O)OCC)NC(C)c1cccc(N2CCCC2)c1.I. The van der Waals surface area contributed by atoms with Crippen LogP contribution in [0.3, 0.4) is 0 Å². The van der Waals surface area contributed by atoms with Gasteiger partial charge >= 0.3 is 5.97 Å². The fourth-order valence-electron chi connectivity index (χ4n) is 3.22. The van der Waals surface area contributed by atoms with E-state index < -0.39 is 0 Å². The molecule has 1 fully saturated rings. The van der Waals surface area contributed by atoms with Crippen molar-refractivity contribution in [2.75, 3.05) is 37.7 Å². The summed E-state index contributed by atoms with van der Waals surface area (Å²) in [6, 6.07) is 8.89. The first-order valence-electron chi connectivity index (χ1n) is 10.2. The molecule has 2 N–H and O–H groups in total. The molecule has 1 atom stereocenters. The van der Waals surface area contributed by atoms with E-state index in [0.29, 0.717) is 26.0 Å². The Morgan fingerprint density at radius 3 is 2.71 bits per heavy atom. The molecular formula is C21H35IN4O2. The molecule has 6 nitrogen and oxygen atoms in total. The third-order valence-corrected chi connectivity index (χ3v) is 4.65. The molecule has 1 saturated heterocycles. The van der Waals surface area contributed by atoms with Gasteiger partial charge in [0.15, 0.2) is 5.96 Å². The Hall–Kier alpha value is -1.51. The Morgan fingerprint density at radius 1 is 1.29 bits per heavy atom. The molecule has 0 radical (unpaired) electrons. The van der Waals surface area contributed by atoms with Gasteiger partial charge in [-0.2, -0.15) is 0 Å². The number of hydrogen-bond acceptors (Lipinski definition) is 4. The molecule has 0 bridgehead atoms. The smallest absolute Gasteiger partial charge is 0.305 e. The van der Waals surface area contributed by atoms with E-state index in [4.69, 9.17) is 4.74 Å². The molecule has 7 heteroatoms.